The number of amides is 1. The number of nitrogens with one attached hydrogen (secondary N) is 2. The van der Waals surface area contributed by atoms with Gasteiger partial charge in [0.05, 0.1) is 11.0 Å². The summed E-state index contributed by atoms with van der Waals surface area (Å²) < 4.78 is 0. The van der Waals surface area contributed by atoms with Crippen LogP contribution in [0.25, 0.3) is 22.4 Å². The number of aromatic nitrogens is 2. The van der Waals surface area contributed by atoms with E-state index in [0.29, 0.717) is 17.0 Å². The number of rotatable bonds is 5. The van der Waals surface area contributed by atoms with Crippen molar-refractivity contribution in [2.45, 2.75) is 12.8 Å². The predicted octanol–water partition coefficient (Wildman–Crippen LogP) is 5.23. The van der Waals surface area contributed by atoms with Gasteiger partial charge < -0.3 is 10.3 Å². The minimum absolute atomic E-state index is 0. The number of H-pyrrole nitrogens is 1. The van der Waals surface area contributed by atoms with Crippen molar-refractivity contribution in [1.82, 2.24) is 9.97 Å². The number of ketones is 1. The zero-order valence-electron chi connectivity index (χ0n) is 16.1. The molecule has 30 heavy (non-hydrogen) atoms. The molecule has 1 heterocycles. The molecule has 0 radical (unpaired) electrons. The maximum Gasteiger partial charge on any atom is 0.227 e. The van der Waals surface area contributed by atoms with Gasteiger partial charge in [0.15, 0.2) is 5.78 Å². The summed E-state index contributed by atoms with van der Waals surface area (Å²) in [6.45, 7) is 0. The van der Waals surface area contributed by atoms with Gasteiger partial charge in [0, 0.05) is 28.3 Å². The number of aromatic amines is 1. The van der Waals surface area contributed by atoms with E-state index in [1.807, 2.05) is 66.7 Å². The number of fused-ring (bicyclic) bond motifs is 1. The molecule has 0 aliphatic heterocycles. The van der Waals surface area contributed by atoms with Gasteiger partial charge in [-0.15, -0.1) is 12.4 Å². The molecule has 1 aromatic heterocycles. The van der Waals surface area contributed by atoms with E-state index in [4.69, 9.17) is 0 Å². The van der Waals surface area contributed by atoms with Crippen LogP contribution in [0.15, 0.2) is 72.8 Å². The molecule has 4 aromatic rings. The van der Waals surface area contributed by atoms with E-state index < -0.39 is 0 Å². The van der Waals surface area contributed by atoms with Crippen LogP contribution in [-0.4, -0.2) is 21.7 Å². The van der Waals surface area contributed by atoms with E-state index in [0.717, 1.165) is 35.1 Å². The highest BCUT2D eigenvalue weighted by molar-refractivity contribution is 6.10. The average Bonchev–Trinajstić information content (AvgIpc) is 3.53. The summed E-state index contributed by atoms with van der Waals surface area (Å²) in [7, 11) is 0. The first-order chi connectivity index (χ1) is 14.2. The molecule has 0 atom stereocenters. The van der Waals surface area contributed by atoms with Crippen molar-refractivity contribution < 1.29 is 9.59 Å². The van der Waals surface area contributed by atoms with E-state index >= 15 is 0 Å². The van der Waals surface area contributed by atoms with Crippen molar-refractivity contribution in [3.63, 3.8) is 0 Å². The number of benzene rings is 3. The summed E-state index contributed by atoms with van der Waals surface area (Å²) in [4.78, 5) is 32.7. The van der Waals surface area contributed by atoms with Gasteiger partial charge in [0.1, 0.15) is 5.82 Å². The Morgan fingerprint density at radius 1 is 0.900 bits per heavy atom. The molecular formula is C24H20ClN3O2. The SMILES string of the molecule is Cl.O=C(c1ccccc1)c1ccc2nc(-c3cccc(NC(=O)C4CC4)c3)[nH]c2c1. The lowest BCUT2D eigenvalue weighted by Crippen LogP contribution is -2.13. The lowest BCUT2D eigenvalue weighted by Gasteiger charge is -2.05. The molecule has 1 fully saturated rings. The summed E-state index contributed by atoms with van der Waals surface area (Å²) in [5, 5.41) is 2.96. The summed E-state index contributed by atoms with van der Waals surface area (Å²) in [5.74, 6) is 0.918. The van der Waals surface area contributed by atoms with Gasteiger partial charge in [0.25, 0.3) is 0 Å². The van der Waals surface area contributed by atoms with Gasteiger partial charge in [-0.2, -0.15) is 0 Å². The van der Waals surface area contributed by atoms with Crippen LogP contribution in [0, 0.1) is 5.92 Å². The van der Waals surface area contributed by atoms with E-state index in [-0.39, 0.29) is 30.0 Å². The van der Waals surface area contributed by atoms with Crippen LogP contribution < -0.4 is 5.32 Å². The summed E-state index contributed by atoms with van der Waals surface area (Å²) in [6.07, 6.45) is 1.94. The molecule has 3 aromatic carbocycles. The van der Waals surface area contributed by atoms with Crippen LogP contribution in [0.5, 0.6) is 0 Å². The van der Waals surface area contributed by atoms with E-state index in [1.54, 1.807) is 6.07 Å². The normalized spacial score (nSPS) is 12.9. The number of imidazole rings is 1. The number of nitrogens with zero attached hydrogens (tertiary/aromatic N) is 1. The molecular weight excluding hydrogens is 398 g/mol. The molecule has 1 saturated carbocycles. The first kappa shape index (κ1) is 19.9. The molecule has 0 saturated heterocycles. The molecule has 1 amide bonds. The molecule has 2 N–H and O–H groups in total. The number of carbonyl (C=O) groups is 2. The molecule has 5 rings (SSSR count). The van der Waals surface area contributed by atoms with Crippen molar-refractivity contribution in [2.24, 2.45) is 5.92 Å². The lowest BCUT2D eigenvalue weighted by atomic mass is 10.0. The number of hydrogen-bond acceptors (Lipinski definition) is 3. The molecule has 150 valence electrons. The Hall–Kier alpha value is -3.44. The van der Waals surface area contributed by atoms with Gasteiger partial charge in [-0.25, -0.2) is 4.98 Å². The highest BCUT2D eigenvalue weighted by Crippen LogP contribution is 2.31. The van der Waals surface area contributed by atoms with Crippen molar-refractivity contribution >= 4 is 40.8 Å². The average molecular weight is 418 g/mol. The second-order valence-electron chi connectivity index (χ2n) is 7.36. The first-order valence-electron chi connectivity index (χ1n) is 9.68. The molecule has 5 nitrogen and oxygen atoms in total. The second-order valence-corrected chi connectivity index (χ2v) is 7.36. The van der Waals surface area contributed by atoms with E-state index in [2.05, 4.69) is 15.3 Å². The smallest absolute Gasteiger partial charge is 0.227 e. The highest BCUT2D eigenvalue weighted by Gasteiger charge is 2.29. The fourth-order valence-corrected chi connectivity index (χ4v) is 3.38. The van der Waals surface area contributed by atoms with Crippen molar-refractivity contribution in [1.29, 1.82) is 0 Å². The number of carbonyl (C=O) groups excluding carboxylic acids is 2. The summed E-state index contributed by atoms with van der Waals surface area (Å²) >= 11 is 0. The standard InChI is InChI=1S/C24H19N3O2.ClH/c28-22(15-5-2-1-3-6-15)17-11-12-20-21(14-17)27-23(26-20)18-7-4-8-19(13-18)25-24(29)16-9-10-16;/h1-8,11-14,16H,9-10H2,(H,25,29)(H,26,27);1H. The maximum atomic E-state index is 12.7. The van der Waals surface area contributed by atoms with Crippen molar-refractivity contribution in [2.75, 3.05) is 5.32 Å². The Kier molecular flexibility index (Phi) is 5.38. The number of halogens is 1. The second kappa shape index (κ2) is 8.13. The maximum absolute atomic E-state index is 12.7. The molecule has 0 bridgehead atoms. The minimum Gasteiger partial charge on any atom is -0.338 e. The fraction of sp³-hybridized carbons (Fsp3) is 0.125. The van der Waals surface area contributed by atoms with Gasteiger partial charge in [-0.1, -0.05) is 42.5 Å². The molecule has 0 spiro atoms. The highest BCUT2D eigenvalue weighted by atomic mass is 35.5. The molecule has 6 heteroatoms. The van der Waals surface area contributed by atoms with E-state index in [9.17, 15) is 9.59 Å². The van der Waals surface area contributed by atoms with Gasteiger partial charge in [0.2, 0.25) is 5.91 Å². The van der Waals surface area contributed by atoms with Crippen LogP contribution in [0.2, 0.25) is 0 Å². The fourth-order valence-electron chi connectivity index (χ4n) is 3.38. The lowest BCUT2D eigenvalue weighted by molar-refractivity contribution is -0.117. The van der Waals surface area contributed by atoms with E-state index in [1.165, 1.54) is 0 Å². The van der Waals surface area contributed by atoms with Gasteiger partial charge in [-0.05, 0) is 43.2 Å². The molecule has 0 unspecified atom stereocenters. The largest absolute Gasteiger partial charge is 0.338 e. The Labute approximate surface area is 180 Å². The van der Waals surface area contributed by atoms with Crippen LogP contribution in [0.1, 0.15) is 28.8 Å². The third-order valence-electron chi connectivity index (χ3n) is 5.13. The van der Waals surface area contributed by atoms with Crippen LogP contribution >= 0.6 is 12.4 Å². The first-order valence-corrected chi connectivity index (χ1v) is 9.68. The Bertz CT molecular complexity index is 1230. The van der Waals surface area contributed by atoms with Crippen LogP contribution in [0.3, 0.4) is 0 Å². The Balaban J connectivity index is 0.00000218. The zero-order valence-corrected chi connectivity index (χ0v) is 16.9. The van der Waals surface area contributed by atoms with Crippen molar-refractivity contribution in [3.8, 4) is 11.4 Å². The number of hydrogen-bond donors (Lipinski definition) is 2. The quantitative estimate of drug-likeness (QED) is 0.436. The predicted molar refractivity (Wildman–Crippen MR) is 120 cm³/mol. The Morgan fingerprint density at radius 2 is 1.70 bits per heavy atom. The third-order valence-corrected chi connectivity index (χ3v) is 5.13. The van der Waals surface area contributed by atoms with Crippen molar-refractivity contribution in [3.05, 3.63) is 83.9 Å². The third kappa shape index (κ3) is 3.98. The van der Waals surface area contributed by atoms with Crippen LogP contribution in [-0.2, 0) is 4.79 Å². The minimum atomic E-state index is -0.0200. The summed E-state index contributed by atoms with van der Waals surface area (Å²) in [6, 6.07) is 22.3. The number of anilines is 1. The van der Waals surface area contributed by atoms with Crippen LogP contribution in [0.4, 0.5) is 5.69 Å². The van der Waals surface area contributed by atoms with Gasteiger partial charge >= 0.3 is 0 Å². The topological polar surface area (TPSA) is 74.8 Å². The molecule has 1 aliphatic carbocycles. The monoisotopic (exact) mass is 417 g/mol. The molecule has 1 aliphatic rings. The zero-order chi connectivity index (χ0) is 19.8. The van der Waals surface area contributed by atoms with Gasteiger partial charge in [-0.3, -0.25) is 9.59 Å². The Morgan fingerprint density at radius 3 is 2.47 bits per heavy atom. The summed E-state index contributed by atoms with van der Waals surface area (Å²) in [5.41, 5.74) is 4.51.